The minimum atomic E-state index is 0.836. The Balaban J connectivity index is 2.22. The summed E-state index contributed by atoms with van der Waals surface area (Å²) in [7, 11) is 0. The molecular formula is C14H17BrN2. The highest BCUT2D eigenvalue weighted by Crippen LogP contribution is 2.20. The molecule has 2 rings (SSSR count). The highest BCUT2D eigenvalue weighted by atomic mass is 79.9. The molecule has 3 heteroatoms. The van der Waals surface area contributed by atoms with Crippen LogP contribution in [0.2, 0.25) is 0 Å². The van der Waals surface area contributed by atoms with E-state index in [0.29, 0.717) is 0 Å². The summed E-state index contributed by atoms with van der Waals surface area (Å²) in [5.74, 6) is 0. The zero-order chi connectivity index (χ0) is 12.4. The third-order valence-corrected chi connectivity index (χ3v) is 4.20. The molecule has 2 aromatic rings. The van der Waals surface area contributed by atoms with Gasteiger partial charge in [0.1, 0.15) is 0 Å². The van der Waals surface area contributed by atoms with Crippen molar-refractivity contribution in [3.63, 3.8) is 0 Å². The van der Waals surface area contributed by atoms with Crippen LogP contribution in [0.3, 0.4) is 0 Å². The first-order valence-electron chi connectivity index (χ1n) is 5.89. The summed E-state index contributed by atoms with van der Waals surface area (Å²) in [4.78, 5) is 0. The number of hydrogen-bond donors (Lipinski definition) is 0. The van der Waals surface area contributed by atoms with Crippen LogP contribution < -0.4 is 0 Å². The minimum absolute atomic E-state index is 0.836. The average molecular weight is 293 g/mol. The van der Waals surface area contributed by atoms with Gasteiger partial charge in [-0.3, -0.25) is 4.68 Å². The Bertz CT molecular complexity index is 512. The standard InChI is InChI=1S/C14H17BrN2/c1-4-12-5-7-13(8-6-12)9-17-11(3)14(15)10(2)16-17/h5-8H,4,9H2,1-3H3. The number of benzene rings is 1. The number of halogens is 1. The van der Waals surface area contributed by atoms with Gasteiger partial charge in [-0.2, -0.15) is 5.10 Å². The number of nitrogens with zero attached hydrogens (tertiary/aromatic N) is 2. The minimum Gasteiger partial charge on any atom is -0.264 e. The van der Waals surface area contributed by atoms with E-state index in [1.165, 1.54) is 16.8 Å². The van der Waals surface area contributed by atoms with Gasteiger partial charge in [0.05, 0.1) is 22.4 Å². The van der Waals surface area contributed by atoms with Gasteiger partial charge in [-0.15, -0.1) is 0 Å². The van der Waals surface area contributed by atoms with Crippen LogP contribution in [0.25, 0.3) is 0 Å². The second-order valence-corrected chi connectivity index (χ2v) is 5.11. The van der Waals surface area contributed by atoms with E-state index in [1.807, 2.05) is 11.6 Å². The molecule has 0 radical (unpaired) electrons. The Labute approximate surface area is 111 Å². The van der Waals surface area contributed by atoms with Gasteiger partial charge in [0.15, 0.2) is 0 Å². The first kappa shape index (κ1) is 12.4. The average Bonchev–Trinajstić information content (AvgIpc) is 2.58. The zero-order valence-corrected chi connectivity index (χ0v) is 12.1. The molecule has 0 saturated carbocycles. The van der Waals surface area contributed by atoms with Crippen molar-refractivity contribution in [2.24, 2.45) is 0 Å². The predicted molar refractivity (Wildman–Crippen MR) is 74.3 cm³/mol. The van der Waals surface area contributed by atoms with Gasteiger partial charge in [-0.05, 0) is 47.3 Å². The van der Waals surface area contributed by atoms with Crippen molar-refractivity contribution in [3.05, 3.63) is 51.3 Å². The molecule has 0 aliphatic heterocycles. The van der Waals surface area contributed by atoms with Crippen molar-refractivity contribution in [1.82, 2.24) is 9.78 Å². The maximum absolute atomic E-state index is 4.52. The fourth-order valence-electron chi connectivity index (χ4n) is 1.88. The van der Waals surface area contributed by atoms with E-state index >= 15 is 0 Å². The van der Waals surface area contributed by atoms with Crippen molar-refractivity contribution in [1.29, 1.82) is 0 Å². The van der Waals surface area contributed by atoms with Crippen molar-refractivity contribution in [2.75, 3.05) is 0 Å². The van der Waals surface area contributed by atoms with Gasteiger partial charge in [-0.1, -0.05) is 31.2 Å². The highest BCUT2D eigenvalue weighted by molar-refractivity contribution is 9.10. The molecule has 0 aliphatic rings. The van der Waals surface area contributed by atoms with Crippen LogP contribution in [0.5, 0.6) is 0 Å². The molecule has 1 heterocycles. The molecule has 2 nitrogen and oxygen atoms in total. The Hall–Kier alpha value is -1.09. The fraction of sp³-hybridized carbons (Fsp3) is 0.357. The molecule has 0 atom stereocenters. The Morgan fingerprint density at radius 1 is 1.12 bits per heavy atom. The van der Waals surface area contributed by atoms with E-state index in [-0.39, 0.29) is 0 Å². The normalized spacial score (nSPS) is 10.8. The first-order valence-corrected chi connectivity index (χ1v) is 6.68. The highest BCUT2D eigenvalue weighted by Gasteiger charge is 2.08. The molecule has 17 heavy (non-hydrogen) atoms. The van der Waals surface area contributed by atoms with Crippen LogP contribution in [0.4, 0.5) is 0 Å². The second kappa shape index (κ2) is 5.05. The van der Waals surface area contributed by atoms with E-state index in [9.17, 15) is 0 Å². The summed E-state index contributed by atoms with van der Waals surface area (Å²) >= 11 is 3.55. The monoisotopic (exact) mass is 292 g/mol. The molecule has 1 aromatic heterocycles. The molecule has 1 aromatic carbocycles. The Morgan fingerprint density at radius 2 is 1.71 bits per heavy atom. The van der Waals surface area contributed by atoms with E-state index in [0.717, 1.165) is 23.1 Å². The molecular weight excluding hydrogens is 276 g/mol. The molecule has 0 fully saturated rings. The molecule has 0 unspecified atom stereocenters. The quantitative estimate of drug-likeness (QED) is 0.840. The summed E-state index contributed by atoms with van der Waals surface area (Å²) in [5.41, 5.74) is 4.90. The lowest BCUT2D eigenvalue weighted by Gasteiger charge is -2.05. The van der Waals surface area contributed by atoms with Crippen LogP contribution in [0.15, 0.2) is 28.7 Å². The van der Waals surface area contributed by atoms with E-state index in [2.05, 4.69) is 59.1 Å². The van der Waals surface area contributed by atoms with Gasteiger partial charge >= 0.3 is 0 Å². The van der Waals surface area contributed by atoms with E-state index in [4.69, 9.17) is 0 Å². The van der Waals surface area contributed by atoms with Crippen LogP contribution in [-0.2, 0) is 13.0 Å². The first-order chi connectivity index (χ1) is 8.11. The molecule has 0 N–H and O–H groups in total. The van der Waals surface area contributed by atoms with Crippen LogP contribution >= 0.6 is 15.9 Å². The maximum atomic E-state index is 4.52. The maximum Gasteiger partial charge on any atom is 0.0738 e. The number of aryl methyl sites for hydroxylation is 2. The zero-order valence-electron chi connectivity index (χ0n) is 10.5. The molecule has 0 amide bonds. The van der Waals surface area contributed by atoms with Crippen LogP contribution in [0, 0.1) is 13.8 Å². The van der Waals surface area contributed by atoms with Crippen molar-refractivity contribution in [3.8, 4) is 0 Å². The topological polar surface area (TPSA) is 17.8 Å². The van der Waals surface area contributed by atoms with Gasteiger partial charge in [0, 0.05) is 0 Å². The Morgan fingerprint density at radius 3 is 2.18 bits per heavy atom. The van der Waals surface area contributed by atoms with Crippen LogP contribution in [-0.4, -0.2) is 9.78 Å². The largest absolute Gasteiger partial charge is 0.264 e. The van der Waals surface area contributed by atoms with Gasteiger partial charge in [0.25, 0.3) is 0 Å². The Kier molecular flexibility index (Phi) is 3.67. The van der Waals surface area contributed by atoms with Gasteiger partial charge in [0.2, 0.25) is 0 Å². The van der Waals surface area contributed by atoms with Crippen molar-refractivity contribution in [2.45, 2.75) is 33.7 Å². The summed E-state index contributed by atoms with van der Waals surface area (Å²) in [5, 5.41) is 4.52. The number of aromatic nitrogens is 2. The summed E-state index contributed by atoms with van der Waals surface area (Å²) in [6, 6.07) is 8.75. The second-order valence-electron chi connectivity index (χ2n) is 4.31. The van der Waals surface area contributed by atoms with Gasteiger partial charge in [-0.25, -0.2) is 0 Å². The SMILES string of the molecule is CCc1ccc(Cn2nc(C)c(Br)c2C)cc1. The smallest absolute Gasteiger partial charge is 0.0738 e. The third-order valence-electron chi connectivity index (χ3n) is 3.06. The fourth-order valence-corrected chi connectivity index (χ4v) is 2.17. The number of hydrogen-bond acceptors (Lipinski definition) is 1. The lowest BCUT2D eigenvalue weighted by Crippen LogP contribution is -2.04. The summed E-state index contributed by atoms with van der Waals surface area (Å²) in [6.07, 6.45) is 1.09. The summed E-state index contributed by atoms with van der Waals surface area (Å²) < 4.78 is 3.16. The summed E-state index contributed by atoms with van der Waals surface area (Å²) in [6.45, 7) is 7.12. The molecule has 0 aliphatic carbocycles. The molecule has 0 spiro atoms. The lowest BCUT2D eigenvalue weighted by molar-refractivity contribution is 0.658. The third kappa shape index (κ3) is 2.60. The van der Waals surface area contributed by atoms with Gasteiger partial charge < -0.3 is 0 Å². The van der Waals surface area contributed by atoms with Crippen molar-refractivity contribution < 1.29 is 0 Å². The lowest BCUT2D eigenvalue weighted by atomic mass is 10.1. The molecule has 90 valence electrons. The molecule has 0 saturated heterocycles. The van der Waals surface area contributed by atoms with Crippen LogP contribution in [0.1, 0.15) is 29.4 Å². The van der Waals surface area contributed by atoms with Crippen molar-refractivity contribution >= 4 is 15.9 Å². The van der Waals surface area contributed by atoms with E-state index in [1.54, 1.807) is 0 Å². The predicted octanol–water partition coefficient (Wildman–Crippen LogP) is 3.87. The number of rotatable bonds is 3. The van der Waals surface area contributed by atoms with E-state index < -0.39 is 0 Å². The molecule has 0 bridgehead atoms.